The maximum absolute atomic E-state index is 12.7. The van der Waals surface area contributed by atoms with Crippen LogP contribution in [0.15, 0.2) is 48.8 Å². The number of likely N-dealkylation sites (N-methyl/N-ethyl adjacent to an activating group) is 1. The summed E-state index contributed by atoms with van der Waals surface area (Å²) in [6.07, 6.45) is 4.31. The average molecular weight is 375 g/mol. The summed E-state index contributed by atoms with van der Waals surface area (Å²) in [6.45, 7) is 3.85. The van der Waals surface area contributed by atoms with E-state index in [9.17, 15) is 4.79 Å². The van der Waals surface area contributed by atoms with Crippen LogP contribution in [0.2, 0.25) is 5.02 Å². The Morgan fingerprint density at radius 3 is 2.54 bits per heavy atom. The zero-order chi connectivity index (χ0) is 18.9. The zero-order valence-electron chi connectivity index (χ0n) is 15.7. The van der Waals surface area contributed by atoms with Crippen LogP contribution in [0.4, 0.5) is 4.79 Å². The number of urea groups is 1. The second-order valence-electron chi connectivity index (χ2n) is 6.66. The summed E-state index contributed by atoms with van der Waals surface area (Å²) in [4.78, 5) is 20.8. The van der Waals surface area contributed by atoms with Gasteiger partial charge in [0, 0.05) is 43.1 Å². The Balaban J connectivity index is 2.00. The topological polar surface area (TPSA) is 48.5 Å². The Morgan fingerprint density at radius 2 is 1.92 bits per heavy atom. The van der Waals surface area contributed by atoms with Crippen molar-refractivity contribution in [3.8, 4) is 0 Å². The number of nitrogens with zero attached hydrogens (tertiary/aromatic N) is 3. The predicted octanol–water partition coefficient (Wildman–Crippen LogP) is 3.44. The SMILES string of the molecule is C[C@H](CNC(=O)N(CCc1ccc(Cl)cc1)Cc1cccnc1)N(C)C. The Morgan fingerprint density at radius 1 is 1.19 bits per heavy atom. The van der Waals surface area contributed by atoms with Gasteiger partial charge in [-0.25, -0.2) is 4.79 Å². The van der Waals surface area contributed by atoms with E-state index in [1.165, 1.54) is 0 Å². The van der Waals surface area contributed by atoms with E-state index < -0.39 is 0 Å². The van der Waals surface area contributed by atoms with E-state index in [1.807, 2.05) is 55.4 Å². The lowest BCUT2D eigenvalue weighted by Gasteiger charge is -2.26. The number of amides is 2. The molecule has 0 spiro atoms. The average Bonchev–Trinajstić information content (AvgIpc) is 2.64. The van der Waals surface area contributed by atoms with E-state index in [4.69, 9.17) is 11.6 Å². The molecule has 0 bridgehead atoms. The van der Waals surface area contributed by atoms with Crippen LogP contribution in [0.5, 0.6) is 0 Å². The Kier molecular flexibility index (Phi) is 7.88. The molecule has 0 saturated heterocycles. The molecule has 0 unspecified atom stereocenters. The molecule has 0 aliphatic carbocycles. The highest BCUT2D eigenvalue weighted by Gasteiger charge is 2.15. The molecule has 0 saturated carbocycles. The molecule has 6 heteroatoms. The lowest BCUT2D eigenvalue weighted by atomic mass is 10.1. The summed E-state index contributed by atoms with van der Waals surface area (Å²) in [5.74, 6) is 0. The normalized spacial score (nSPS) is 12.0. The molecular weight excluding hydrogens is 348 g/mol. The van der Waals surface area contributed by atoms with Crippen molar-refractivity contribution in [2.24, 2.45) is 0 Å². The van der Waals surface area contributed by atoms with E-state index in [0.717, 1.165) is 22.6 Å². The molecule has 1 aromatic carbocycles. The molecule has 1 heterocycles. The number of carbonyl (C=O) groups is 1. The van der Waals surface area contributed by atoms with Crippen LogP contribution < -0.4 is 5.32 Å². The van der Waals surface area contributed by atoms with Crippen molar-refractivity contribution in [2.45, 2.75) is 25.9 Å². The molecular formula is C20H27ClN4O. The first-order valence-electron chi connectivity index (χ1n) is 8.78. The second kappa shape index (κ2) is 10.1. The van der Waals surface area contributed by atoms with Crippen molar-refractivity contribution in [1.29, 1.82) is 0 Å². The molecule has 1 aromatic heterocycles. The smallest absolute Gasteiger partial charge is 0.317 e. The van der Waals surface area contributed by atoms with Crippen molar-refractivity contribution in [3.63, 3.8) is 0 Å². The Labute approximate surface area is 161 Å². The number of halogens is 1. The number of nitrogens with one attached hydrogen (secondary N) is 1. The van der Waals surface area contributed by atoms with Gasteiger partial charge in [-0.15, -0.1) is 0 Å². The number of aromatic nitrogens is 1. The molecule has 1 N–H and O–H groups in total. The van der Waals surface area contributed by atoms with Gasteiger partial charge in [-0.3, -0.25) is 4.98 Å². The largest absolute Gasteiger partial charge is 0.336 e. The first-order valence-corrected chi connectivity index (χ1v) is 9.16. The van der Waals surface area contributed by atoms with E-state index in [0.29, 0.717) is 19.6 Å². The molecule has 2 aromatic rings. The van der Waals surface area contributed by atoms with Crippen LogP contribution in [0.25, 0.3) is 0 Å². The third-order valence-corrected chi connectivity index (χ3v) is 4.65. The summed E-state index contributed by atoms with van der Waals surface area (Å²) in [7, 11) is 4.01. The highest BCUT2D eigenvalue weighted by molar-refractivity contribution is 6.30. The number of rotatable bonds is 8. The molecule has 0 fully saturated rings. The summed E-state index contributed by atoms with van der Waals surface area (Å²) < 4.78 is 0. The molecule has 0 aliphatic rings. The highest BCUT2D eigenvalue weighted by Crippen LogP contribution is 2.11. The zero-order valence-corrected chi connectivity index (χ0v) is 16.4. The molecule has 5 nitrogen and oxygen atoms in total. The monoisotopic (exact) mass is 374 g/mol. The number of benzene rings is 1. The van der Waals surface area contributed by atoms with Crippen molar-refractivity contribution in [3.05, 3.63) is 64.9 Å². The van der Waals surface area contributed by atoms with Crippen molar-refractivity contribution < 1.29 is 4.79 Å². The van der Waals surface area contributed by atoms with Crippen LogP contribution in [-0.2, 0) is 13.0 Å². The maximum Gasteiger partial charge on any atom is 0.317 e. The first-order chi connectivity index (χ1) is 12.5. The van der Waals surface area contributed by atoms with Crippen molar-refractivity contribution in [2.75, 3.05) is 27.2 Å². The van der Waals surface area contributed by atoms with E-state index in [-0.39, 0.29) is 12.1 Å². The Hall–Kier alpha value is -2.11. The minimum Gasteiger partial charge on any atom is -0.336 e. The van der Waals surface area contributed by atoms with Gasteiger partial charge in [0.1, 0.15) is 0 Å². The van der Waals surface area contributed by atoms with Crippen LogP contribution in [0.3, 0.4) is 0 Å². The number of pyridine rings is 1. The van der Waals surface area contributed by atoms with Crippen LogP contribution >= 0.6 is 11.6 Å². The summed E-state index contributed by atoms with van der Waals surface area (Å²) in [6, 6.07) is 11.8. The van der Waals surface area contributed by atoms with Crippen LogP contribution in [0, 0.1) is 0 Å². The van der Waals surface area contributed by atoms with Gasteiger partial charge in [0.15, 0.2) is 0 Å². The van der Waals surface area contributed by atoms with Crippen LogP contribution in [0.1, 0.15) is 18.1 Å². The Bertz CT molecular complexity index is 676. The number of hydrogen-bond acceptors (Lipinski definition) is 3. The quantitative estimate of drug-likeness (QED) is 0.770. The summed E-state index contributed by atoms with van der Waals surface area (Å²) in [5.41, 5.74) is 2.17. The molecule has 2 amide bonds. The molecule has 0 radical (unpaired) electrons. The minimum absolute atomic E-state index is 0.0588. The number of carbonyl (C=O) groups excluding carboxylic acids is 1. The van der Waals surface area contributed by atoms with Gasteiger partial charge in [-0.2, -0.15) is 0 Å². The number of hydrogen-bond donors (Lipinski definition) is 1. The lowest BCUT2D eigenvalue weighted by Crippen LogP contribution is -2.45. The molecule has 1 atom stereocenters. The fourth-order valence-electron chi connectivity index (χ4n) is 2.41. The van der Waals surface area contributed by atoms with Gasteiger partial charge in [0.25, 0.3) is 0 Å². The minimum atomic E-state index is -0.0588. The highest BCUT2D eigenvalue weighted by atomic mass is 35.5. The van der Waals surface area contributed by atoms with Gasteiger partial charge < -0.3 is 15.1 Å². The standard InChI is InChI=1S/C20H27ClN4O/c1-16(24(2)3)13-23-20(26)25(15-18-5-4-11-22-14-18)12-10-17-6-8-19(21)9-7-17/h4-9,11,14,16H,10,12-13,15H2,1-3H3,(H,23,26)/t16-/m1/s1. The van der Waals surface area contributed by atoms with E-state index >= 15 is 0 Å². The molecule has 26 heavy (non-hydrogen) atoms. The van der Waals surface area contributed by atoms with Gasteiger partial charge in [-0.1, -0.05) is 29.8 Å². The second-order valence-corrected chi connectivity index (χ2v) is 7.09. The van der Waals surface area contributed by atoms with E-state index in [1.54, 1.807) is 12.4 Å². The first kappa shape index (κ1) is 20.2. The van der Waals surface area contributed by atoms with Crippen molar-refractivity contribution in [1.82, 2.24) is 20.1 Å². The van der Waals surface area contributed by atoms with Gasteiger partial charge in [0.05, 0.1) is 0 Å². The van der Waals surface area contributed by atoms with Gasteiger partial charge >= 0.3 is 6.03 Å². The van der Waals surface area contributed by atoms with Crippen molar-refractivity contribution >= 4 is 17.6 Å². The maximum atomic E-state index is 12.7. The lowest BCUT2D eigenvalue weighted by molar-refractivity contribution is 0.191. The fraction of sp³-hybridized carbons (Fsp3) is 0.400. The summed E-state index contributed by atoms with van der Waals surface area (Å²) >= 11 is 5.94. The van der Waals surface area contributed by atoms with Gasteiger partial charge in [0.2, 0.25) is 0 Å². The third-order valence-electron chi connectivity index (χ3n) is 4.40. The predicted molar refractivity (Wildman–Crippen MR) is 106 cm³/mol. The summed E-state index contributed by atoms with van der Waals surface area (Å²) in [5, 5.41) is 3.75. The molecule has 2 rings (SSSR count). The van der Waals surface area contributed by atoms with Crippen LogP contribution in [-0.4, -0.2) is 54.0 Å². The molecule has 0 aliphatic heterocycles. The molecule has 140 valence electrons. The third kappa shape index (κ3) is 6.65. The van der Waals surface area contributed by atoms with E-state index in [2.05, 4.69) is 22.1 Å². The van der Waals surface area contributed by atoms with Gasteiger partial charge in [-0.05, 0) is 56.8 Å². The fourth-order valence-corrected chi connectivity index (χ4v) is 2.53.